The number of thiophene rings is 1. The minimum absolute atomic E-state index is 0.186. The number of rotatable bonds is 4. The molecule has 0 radical (unpaired) electrons. The van der Waals surface area contributed by atoms with Crippen LogP contribution in [0.25, 0.3) is 0 Å². The Morgan fingerprint density at radius 3 is 2.66 bits per heavy atom. The van der Waals surface area contributed by atoms with E-state index in [0.29, 0.717) is 25.8 Å². The Bertz CT molecular complexity index is 1230. The van der Waals surface area contributed by atoms with Crippen molar-refractivity contribution in [3.05, 3.63) is 79.4 Å². The molecule has 0 bridgehead atoms. The van der Waals surface area contributed by atoms with Crippen molar-refractivity contribution < 1.29 is 4.79 Å². The molecule has 3 heterocycles. The molecule has 2 aromatic carbocycles. The van der Waals surface area contributed by atoms with Gasteiger partial charge in [-0.3, -0.25) is 20.2 Å². The third-order valence-corrected chi connectivity index (χ3v) is 7.62. The number of para-hydroxylation sites is 1. The van der Waals surface area contributed by atoms with Crippen molar-refractivity contribution in [1.29, 1.82) is 0 Å². The number of carbonyl (C=O) groups is 1. The smallest absolute Gasteiger partial charge is 0.285 e. The molecule has 0 unspecified atom stereocenters. The molecule has 0 saturated heterocycles. The molecule has 3 aromatic rings. The van der Waals surface area contributed by atoms with E-state index in [0.717, 1.165) is 23.5 Å². The van der Waals surface area contributed by atoms with E-state index in [2.05, 4.69) is 11.5 Å². The molecule has 0 aliphatic carbocycles. The molecule has 32 heavy (non-hydrogen) atoms. The Kier molecular flexibility index (Phi) is 5.80. The monoisotopic (exact) mass is 504 g/mol. The van der Waals surface area contributed by atoms with E-state index in [1.165, 1.54) is 16.9 Å². The normalized spacial score (nSPS) is 19.8. The van der Waals surface area contributed by atoms with Crippen LogP contribution >= 0.6 is 46.1 Å². The van der Waals surface area contributed by atoms with E-state index in [-0.39, 0.29) is 17.9 Å². The average molecular weight is 506 g/mol. The summed E-state index contributed by atoms with van der Waals surface area (Å²) < 4.78 is 0.681. The van der Waals surface area contributed by atoms with Crippen LogP contribution in [0.5, 0.6) is 0 Å². The van der Waals surface area contributed by atoms with Gasteiger partial charge in [0.2, 0.25) is 0 Å². The lowest BCUT2D eigenvalue weighted by Gasteiger charge is -2.26. The molecule has 2 atom stereocenters. The first-order valence-corrected chi connectivity index (χ1v) is 12.1. The summed E-state index contributed by atoms with van der Waals surface area (Å²) in [6.07, 6.45) is 0.890. The minimum Gasteiger partial charge on any atom is -0.285 e. The number of hydrazine groups is 1. The molecule has 9 heteroatoms. The maximum Gasteiger partial charge on any atom is 0.286 e. The molecule has 5 rings (SSSR count). The van der Waals surface area contributed by atoms with Crippen molar-refractivity contribution in [3.63, 3.8) is 0 Å². The summed E-state index contributed by atoms with van der Waals surface area (Å²) in [5, 5.41) is 9.44. The molecule has 5 nitrogen and oxygen atoms in total. The van der Waals surface area contributed by atoms with Gasteiger partial charge in [0.1, 0.15) is 5.71 Å². The molecule has 1 N–H and O–H groups in total. The third kappa shape index (κ3) is 3.86. The van der Waals surface area contributed by atoms with Crippen molar-refractivity contribution in [2.45, 2.75) is 19.4 Å². The van der Waals surface area contributed by atoms with E-state index < -0.39 is 0 Å². The summed E-state index contributed by atoms with van der Waals surface area (Å²) in [5.41, 5.74) is 6.40. The molecule has 0 spiro atoms. The van der Waals surface area contributed by atoms with Gasteiger partial charge in [-0.1, -0.05) is 59.9 Å². The number of anilines is 2. The minimum atomic E-state index is -0.227. The van der Waals surface area contributed by atoms with Crippen LogP contribution in [0.2, 0.25) is 14.4 Å². The Balaban J connectivity index is 1.48. The first-order chi connectivity index (χ1) is 15.4. The largest absolute Gasteiger partial charge is 0.286 e. The number of carbonyl (C=O) groups excluding carboxylic acids is 1. The Morgan fingerprint density at radius 2 is 1.91 bits per heavy atom. The van der Waals surface area contributed by atoms with Gasteiger partial charge in [0, 0.05) is 22.4 Å². The number of amides is 1. The molecule has 164 valence electrons. The van der Waals surface area contributed by atoms with E-state index in [4.69, 9.17) is 39.9 Å². The quantitative estimate of drug-likeness (QED) is 0.449. The van der Waals surface area contributed by atoms with Gasteiger partial charge in [0.25, 0.3) is 5.91 Å². The second kappa shape index (κ2) is 8.60. The van der Waals surface area contributed by atoms with Crippen LogP contribution in [-0.2, 0) is 11.2 Å². The number of benzene rings is 2. The maximum absolute atomic E-state index is 13.3. The van der Waals surface area contributed by atoms with E-state index in [1.54, 1.807) is 17.1 Å². The highest BCUT2D eigenvalue weighted by atomic mass is 35.5. The fourth-order valence-corrected chi connectivity index (χ4v) is 5.99. The molecular formula is C23H19Cl3N4OS. The van der Waals surface area contributed by atoms with E-state index in [1.807, 2.05) is 48.3 Å². The van der Waals surface area contributed by atoms with Crippen molar-refractivity contribution in [1.82, 2.24) is 5.43 Å². The van der Waals surface area contributed by atoms with Gasteiger partial charge in [0.15, 0.2) is 0 Å². The van der Waals surface area contributed by atoms with E-state index in [9.17, 15) is 4.79 Å². The van der Waals surface area contributed by atoms with Gasteiger partial charge < -0.3 is 0 Å². The SMILES string of the molecule is C[C@H]1C(C(=O)NN2CCc3ccccc32)=NN(c2ccc(Cl)cc2Cl)[C@@H]1c1ccc(Cl)s1. The summed E-state index contributed by atoms with van der Waals surface area (Å²) in [6.45, 7) is 2.72. The number of hydrogen-bond donors (Lipinski definition) is 1. The van der Waals surface area contributed by atoms with Crippen LogP contribution < -0.4 is 15.4 Å². The van der Waals surface area contributed by atoms with Crippen molar-refractivity contribution in [2.24, 2.45) is 11.0 Å². The van der Waals surface area contributed by atoms with Crippen LogP contribution in [0.3, 0.4) is 0 Å². The Labute approximate surface area is 205 Å². The van der Waals surface area contributed by atoms with E-state index >= 15 is 0 Å². The number of halogens is 3. The Morgan fingerprint density at radius 1 is 1.09 bits per heavy atom. The lowest BCUT2D eigenvalue weighted by atomic mass is 9.95. The fraction of sp³-hybridized carbons (Fsp3) is 0.217. The molecule has 0 fully saturated rings. The zero-order valence-electron chi connectivity index (χ0n) is 17.1. The fourth-order valence-electron chi connectivity index (χ4n) is 4.24. The van der Waals surface area contributed by atoms with Gasteiger partial charge in [-0.25, -0.2) is 0 Å². The summed E-state index contributed by atoms with van der Waals surface area (Å²) in [5.74, 6) is -0.413. The number of nitrogens with zero attached hydrogens (tertiary/aromatic N) is 3. The van der Waals surface area contributed by atoms with Crippen LogP contribution in [0.1, 0.15) is 23.4 Å². The highest BCUT2D eigenvalue weighted by Crippen LogP contribution is 2.44. The predicted octanol–water partition coefficient (Wildman–Crippen LogP) is 6.36. The highest BCUT2D eigenvalue weighted by molar-refractivity contribution is 7.16. The van der Waals surface area contributed by atoms with Crippen molar-refractivity contribution in [2.75, 3.05) is 16.6 Å². The number of hydrogen-bond acceptors (Lipinski definition) is 5. The summed E-state index contributed by atoms with van der Waals surface area (Å²) in [6, 6.07) is 17.0. The summed E-state index contributed by atoms with van der Waals surface area (Å²) in [7, 11) is 0. The Hall–Kier alpha value is -2.25. The van der Waals surface area contributed by atoms with Gasteiger partial charge in [0.05, 0.1) is 26.8 Å². The van der Waals surface area contributed by atoms with Crippen LogP contribution in [-0.4, -0.2) is 18.2 Å². The van der Waals surface area contributed by atoms with Gasteiger partial charge >= 0.3 is 0 Å². The van der Waals surface area contributed by atoms with Crippen molar-refractivity contribution >= 4 is 69.1 Å². The molecule has 1 amide bonds. The first-order valence-electron chi connectivity index (χ1n) is 10.2. The van der Waals surface area contributed by atoms with Crippen LogP contribution in [0.4, 0.5) is 11.4 Å². The van der Waals surface area contributed by atoms with Crippen LogP contribution in [0.15, 0.2) is 59.7 Å². The lowest BCUT2D eigenvalue weighted by molar-refractivity contribution is -0.115. The van der Waals surface area contributed by atoms with Crippen LogP contribution in [0, 0.1) is 5.92 Å². The van der Waals surface area contributed by atoms with Gasteiger partial charge in [-0.15, -0.1) is 11.3 Å². The van der Waals surface area contributed by atoms with Gasteiger partial charge in [-0.2, -0.15) is 5.10 Å². The average Bonchev–Trinajstić information content (AvgIpc) is 3.45. The molecule has 2 aliphatic heterocycles. The lowest BCUT2D eigenvalue weighted by Crippen LogP contribution is -2.45. The van der Waals surface area contributed by atoms with Crippen molar-refractivity contribution in [3.8, 4) is 0 Å². The summed E-state index contributed by atoms with van der Waals surface area (Å²) >= 11 is 20.3. The predicted molar refractivity (Wildman–Crippen MR) is 133 cm³/mol. The highest BCUT2D eigenvalue weighted by Gasteiger charge is 2.41. The first kappa shape index (κ1) is 21.6. The third-order valence-electron chi connectivity index (χ3n) is 5.78. The number of fused-ring (bicyclic) bond motifs is 1. The summed E-state index contributed by atoms with van der Waals surface area (Å²) in [4.78, 5) is 14.3. The molecule has 1 aromatic heterocycles. The molecule has 0 saturated carbocycles. The second-order valence-corrected chi connectivity index (χ2v) is 10.4. The second-order valence-electron chi connectivity index (χ2n) is 7.77. The molecular weight excluding hydrogens is 487 g/mol. The maximum atomic E-state index is 13.3. The van der Waals surface area contributed by atoms with Gasteiger partial charge in [-0.05, 0) is 48.4 Å². The standard InChI is InChI=1S/C23H19Cl3N4OS/c1-13-21(23(31)28-29-11-10-14-4-2-3-5-17(14)29)27-30(18-7-6-15(24)12-16(18)25)22(13)19-8-9-20(26)32-19/h2-9,12-13,22H,10-11H2,1H3,(H,28,31)/t13-,22-/m0/s1. The zero-order valence-corrected chi connectivity index (χ0v) is 20.1. The molecule has 2 aliphatic rings. The number of nitrogens with one attached hydrogen (secondary N) is 1. The zero-order chi connectivity index (χ0) is 22.4. The number of hydrazone groups is 1. The topological polar surface area (TPSA) is 47.9 Å².